The second-order valence-corrected chi connectivity index (χ2v) is 6.72. The van der Waals surface area contributed by atoms with E-state index in [1.165, 1.54) is 6.33 Å². The number of aromatic nitrogens is 6. The van der Waals surface area contributed by atoms with Crippen molar-refractivity contribution in [2.45, 2.75) is 33.2 Å². The van der Waals surface area contributed by atoms with E-state index in [4.69, 9.17) is 0 Å². The Labute approximate surface area is 162 Å². The fourth-order valence-electron chi connectivity index (χ4n) is 3.32. The molecule has 0 radical (unpaired) electrons. The van der Waals surface area contributed by atoms with Crippen LogP contribution in [-0.4, -0.2) is 35.0 Å². The zero-order chi connectivity index (χ0) is 19.5. The number of hydrogen-bond donors (Lipinski definition) is 1. The molecule has 3 aromatic heterocycles. The summed E-state index contributed by atoms with van der Waals surface area (Å²) in [4.78, 5) is 25.1. The third-order valence-electron chi connectivity index (χ3n) is 4.73. The van der Waals surface area contributed by atoms with Crippen molar-refractivity contribution in [3.05, 3.63) is 71.8 Å². The van der Waals surface area contributed by atoms with E-state index in [1.807, 2.05) is 48.9 Å². The zero-order valence-corrected chi connectivity index (χ0v) is 15.8. The van der Waals surface area contributed by atoms with Crippen molar-refractivity contribution in [2.75, 3.05) is 5.32 Å². The Morgan fingerprint density at radius 2 is 2.14 bits per heavy atom. The van der Waals surface area contributed by atoms with Crippen LogP contribution in [0.15, 0.2) is 49.3 Å². The van der Waals surface area contributed by atoms with Crippen LogP contribution in [0.1, 0.15) is 28.9 Å². The van der Waals surface area contributed by atoms with Crippen molar-refractivity contribution in [3.8, 4) is 0 Å². The van der Waals surface area contributed by atoms with Crippen LogP contribution in [0.25, 0.3) is 5.78 Å². The predicted molar refractivity (Wildman–Crippen MR) is 105 cm³/mol. The predicted octanol–water partition coefficient (Wildman–Crippen LogP) is 2.56. The van der Waals surface area contributed by atoms with Crippen molar-refractivity contribution in [2.24, 2.45) is 0 Å². The van der Waals surface area contributed by atoms with Crippen molar-refractivity contribution in [1.29, 1.82) is 0 Å². The lowest BCUT2D eigenvalue weighted by Crippen LogP contribution is -2.14. The summed E-state index contributed by atoms with van der Waals surface area (Å²) in [6.45, 7) is 4.63. The van der Waals surface area contributed by atoms with Gasteiger partial charge in [-0.25, -0.2) is 14.5 Å². The molecule has 0 bridgehead atoms. The first-order valence-corrected chi connectivity index (χ1v) is 9.10. The van der Waals surface area contributed by atoms with E-state index in [9.17, 15) is 4.79 Å². The molecule has 0 aliphatic rings. The Morgan fingerprint density at radius 3 is 2.96 bits per heavy atom. The highest BCUT2D eigenvalue weighted by molar-refractivity contribution is 5.90. The molecule has 0 saturated carbocycles. The second-order valence-electron chi connectivity index (χ2n) is 6.72. The second kappa shape index (κ2) is 7.59. The smallest absolute Gasteiger partial charge is 0.252 e. The number of hydrogen-bond acceptors (Lipinski definition) is 5. The van der Waals surface area contributed by atoms with E-state index in [-0.39, 0.29) is 5.91 Å². The Hall–Kier alpha value is -3.55. The van der Waals surface area contributed by atoms with Gasteiger partial charge in [-0.3, -0.25) is 4.79 Å². The molecule has 0 unspecified atom stereocenters. The molecule has 1 aromatic carbocycles. The number of amides is 1. The summed E-state index contributed by atoms with van der Waals surface area (Å²) in [6.07, 6.45) is 7.89. The van der Waals surface area contributed by atoms with E-state index in [2.05, 4.69) is 25.4 Å². The molecule has 4 rings (SSSR count). The fourth-order valence-corrected chi connectivity index (χ4v) is 3.32. The number of carbonyl (C=O) groups is 1. The van der Waals surface area contributed by atoms with Gasteiger partial charge in [-0.1, -0.05) is 12.1 Å². The number of anilines is 1. The SMILES string of the molecule is Cc1nc2ncnn2c(C)c1CCC(=O)Nc1cccc(Cn2ccnc2)c1. The number of imidazole rings is 1. The molecule has 1 N–H and O–H groups in total. The summed E-state index contributed by atoms with van der Waals surface area (Å²) in [5, 5.41) is 7.18. The van der Waals surface area contributed by atoms with Gasteiger partial charge in [-0.2, -0.15) is 10.1 Å². The molecule has 0 saturated heterocycles. The highest BCUT2D eigenvalue weighted by atomic mass is 16.1. The molecular weight excluding hydrogens is 354 g/mol. The summed E-state index contributed by atoms with van der Waals surface area (Å²) in [7, 11) is 0. The van der Waals surface area contributed by atoms with Gasteiger partial charge in [-0.05, 0) is 43.5 Å². The van der Waals surface area contributed by atoms with Crippen LogP contribution >= 0.6 is 0 Å². The van der Waals surface area contributed by atoms with Gasteiger partial charge in [-0.15, -0.1) is 0 Å². The van der Waals surface area contributed by atoms with Crippen molar-refractivity contribution in [3.63, 3.8) is 0 Å². The van der Waals surface area contributed by atoms with E-state index in [1.54, 1.807) is 17.0 Å². The molecule has 8 heteroatoms. The van der Waals surface area contributed by atoms with E-state index < -0.39 is 0 Å². The standard InChI is InChI=1S/C20H21N7O/c1-14-18(15(2)27-20(24-14)22-12-23-27)6-7-19(28)25-17-5-3-4-16(10-17)11-26-9-8-21-13-26/h3-5,8-10,12-13H,6-7,11H2,1-2H3,(H,25,28). The van der Waals surface area contributed by atoms with E-state index in [0.29, 0.717) is 25.2 Å². The van der Waals surface area contributed by atoms with E-state index >= 15 is 0 Å². The number of aryl methyl sites for hydroxylation is 2. The Kier molecular flexibility index (Phi) is 4.84. The molecule has 0 fully saturated rings. The average molecular weight is 375 g/mol. The number of rotatable bonds is 6. The molecule has 0 atom stereocenters. The van der Waals surface area contributed by atoms with Gasteiger partial charge in [0.1, 0.15) is 6.33 Å². The quantitative estimate of drug-likeness (QED) is 0.559. The molecule has 28 heavy (non-hydrogen) atoms. The lowest BCUT2D eigenvalue weighted by atomic mass is 10.1. The Balaban J connectivity index is 1.41. The van der Waals surface area contributed by atoms with Gasteiger partial charge in [0, 0.05) is 42.4 Å². The monoisotopic (exact) mass is 375 g/mol. The molecular formula is C20H21N7O. The first-order chi connectivity index (χ1) is 13.6. The molecule has 142 valence electrons. The third-order valence-corrected chi connectivity index (χ3v) is 4.73. The number of carbonyl (C=O) groups excluding carboxylic acids is 1. The minimum absolute atomic E-state index is 0.0303. The molecule has 3 heterocycles. The van der Waals surface area contributed by atoms with Crippen molar-refractivity contribution < 1.29 is 4.79 Å². The summed E-state index contributed by atoms with van der Waals surface area (Å²) in [5.41, 5.74) is 4.77. The highest BCUT2D eigenvalue weighted by Crippen LogP contribution is 2.16. The molecule has 8 nitrogen and oxygen atoms in total. The van der Waals surface area contributed by atoms with Gasteiger partial charge in [0.25, 0.3) is 5.78 Å². The van der Waals surface area contributed by atoms with Crippen LogP contribution in [0.4, 0.5) is 5.69 Å². The summed E-state index contributed by atoms with van der Waals surface area (Å²) >= 11 is 0. The normalized spacial score (nSPS) is 11.1. The summed E-state index contributed by atoms with van der Waals surface area (Å²) in [5.74, 6) is 0.551. The molecule has 0 aliphatic carbocycles. The molecule has 1 amide bonds. The van der Waals surface area contributed by atoms with Gasteiger partial charge in [0.15, 0.2) is 0 Å². The molecule has 0 spiro atoms. The third kappa shape index (κ3) is 3.75. The molecule has 4 aromatic rings. The lowest BCUT2D eigenvalue weighted by Gasteiger charge is -2.11. The van der Waals surface area contributed by atoms with Gasteiger partial charge in [0.05, 0.1) is 6.33 Å². The van der Waals surface area contributed by atoms with Crippen LogP contribution in [0.5, 0.6) is 0 Å². The van der Waals surface area contributed by atoms with Crippen LogP contribution in [-0.2, 0) is 17.8 Å². The highest BCUT2D eigenvalue weighted by Gasteiger charge is 2.12. The minimum atomic E-state index is -0.0303. The summed E-state index contributed by atoms with van der Waals surface area (Å²) < 4.78 is 3.69. The number of benzene rings is 1. The van der Waals surface area contributed by atoms with Crippen LogP contribution in [0.2, 0.25) is 0 Å². The van der Waals surface area contributed by atoms with Gasteiger partial charge >= 0.3 is 0 Å². The topological polar surface area (TPSA) is 90.0 Å². The maximum atomic E-state index is 12.5. The maximum absolute atomic E-state index is 12.5. The minimum Gasteiger partial charge on any atom is -0.333 e. The van der Waals surface area contributed by atoms with Crippen molar-refractivity contribution >= 4 is 17.4 Å². The average Bonchev–Trinajstić information content (AvgIpc) is 3.33. The first kappa shape index (κ1) is 17.8. The van der Waals surface area contributed by atoms with Gasteiger partial charge in [0.2, 0.25) is 5.91 Å². The van der Waals surface area contributed by atoms with Gasteiger partial charge < -0.3 is 9.88 Å². The fraction of sp³-hybridized carbons (Fsp3) is 0.250. The van der Waals surface area contributed by atoms with Crippen molar-refractivity contribution in [1.82, 2.24) is 29.1 Å². The Morgan fingerprint density at radius 1 is 1.25 bits per heavy atom. The number of nitrogens with one attached hydrogen (secondary N) is 1. The van der Waals surface area contributed by atoms with Crippen LogP contribution < -0.4 is 5.32 Å². The van der Waals surface area contributed by atoms with Crippen LogP contribution in [0.3, 0.4) is 0 Å². The van der Waals surface area contributed by atoms with Crippen LogP contribution in [0, 0.1) is 13.8 Å². The lowest BCUT2D eigenvalue weighted by molar-refractivity contribution is -0.116. The molecule has 0 aliphatic heterocycles. The number of nitrogens with zero attached hydrogens (tertiary/aromatic N) is 6. The Bertz CT molecular complexity index is 1120. The largest absolute Gasteiger partial charge is 0.333 e. The summed E-state index contributed by atoms with van der Waals surface area (Å²) in [6, 6.07) is 7.85. The zero-order valence-electron chi connectivity index (χ0n) is 15.8. The van der Waals surface area contributed by atoms with E-state index in [0.717, 1.165) is 28.2 Å². The first-order valence-electron chi connectivity index (χ1n) is 9.10. The number of fused-ring (bicyclic) bond motifs is 1. The maximum Gasteiger partial charge on any atom is 0.252 e.